The Kier molecular flexibility index (Phi) is 6.22. The van der Waals surface area contributed by atoms with Gasteiger partial charge in [0.05, 0.1) is 7.11 Å². The smallest absolute Gasteiger partial charge is 0.216 e. The molecule has 0 radical (unpaired) electrons. The van der Waals surface area contributed by atoms with Gasteiger partial charge in [-0.05, 0) is 57.9 Å². The molecular weight excluding hydrogens is 432 g/mol. The summed E-state index contributed by atoms with van der Waals surface area (Å²) in [4.78, 5) is 11.1. The number of rotatable bonds is 5. The van der Waals surface area contributed by atoms with Gasteiger partial charge in [0.1, 0.15) is 11.4 Å². The number of fused-ring (bicyclic) bond motifs is 1. The van der Waals surface area contributed by atoms with Crippen molar-refractivity contribution in [2.45, 2.75) is 64.5 Å². The molecule has 0 unspecified atom stereocenters. The van der Waals surface area contributed by atoms with Crippen molar-refractivity contribution in [1.82, 2.24) is 19.5 Å². The predicted molar refractivity (Wildman–Crippen MR) is 137 cm³/mol. The van der Waals surface area contributed by atoms with Gasteiger partial charge in [0.2, 0.25) is 10.1 Å². The SMILES string of the molecule is COc1ccc(-c2nc3sc(N4CCN(C5CCCCC5)CC4)nn3c2NC(C)(C)C)cc1. The monoisotopic (exact) mass is 468 g/mol. The molecule has 3 heterocycles. The lowest BCUT2D eigenvalue weighted by molar-refractivity contribution is 0.148. The van der Waals surface area contributed by atoms with Gasteiger partial charge < -0.3 is 15.0 Å². The first-order valence-corrected chi connectivity index (χ1v) is 13.0. The van der Waals surface area contributed by atoms with Crippen LogP contribution in [0.15, 0.2) is 24.3 Å². The first-order chi connectivity index (χ1) is 15.9. The Morgan fingerprint density at radius 3 is 2.33 bits per heavy atom. The maximum absolute atomic E-state index is 5.33. The summed E-state index contributed by atoms with van der Waals surface area (Å²) in [6.07, 6.45) is 6.96. The van der Waals surface area contributed by atoms with E-state index >= 15 is 0 Å². The number of benzene rings is 1. The van der Waals surface area contributed by atoms with Crippen LogP contribution in [0.1, 0.15) is 52.9 Å². The van der Waals surface area contributed by atoms with E-state index in [4.69, 9.17) is 14.8 Å². The van der Waals surface area contributed by atoms with E-state index in [0.29, 0.717) is 0 Å². The number of hydrogen-bond donors (Lipinski definition) is 1. The van der Waals surface area contributed by atoms with Gasteiger partial charge in [0.15, 0.2) is 5.82 Å². The van der Waals surface area contributed by atoms with Crippen molar-refractivity contribution in [2.75, 3.05) is 43.5 Å². The van der Waals surface area contributed by atoms with Crippen molar-refractivity contribution in [3.8, 4) is 17.0 Å². The molecule has 2 fully saturated rings. The van der Waals surface area contributed by atoms with Gasteiger partial charge in [0.25, 0.3) is 0 Å². The average molecular weight is 469 g/mol. The van der Waals surface area contributed by atoms with Crippen molar-refractivity contribution in [3.63, 3.8) is 0 Å². The third-order valence-corrected chi connectivity index (χ3v) is 7.69. The number of ether oxygens (including phenoxy) is 1. The van der Waals surface area contributed by atoms with E-state index in [1.807, 2.05) is 16.6 Å². The molecule has 0 amide bonds. The molecule has 1 aliphatic heterocycles. The zero-order chi connectivity index (χ0) is 23.0. The lowest BCUT2D eigenvalue weighted by atomic mass is 9.94. The average Bonchev–Trinajstić information content (AvgIpc) is 3.38. The van der Waals surface area contributed by atoms with Crippen molar-refractivity contribution in [3.05, 3.63) is 24.3 Å². The van der Waals surface area contributed by atoms with Crippen LogP contribution in [0.25, 0.3) is 16.2 Å². The molecule has 2 aliphatic rings. The molecule has 8 heteroatoms. The van der Waals surface area contributed by atoms with Crippen molar-refractivity contribution in [2.24, 2.45) is 0 Å². The normalized spacial score (nSPS) is 18.7. The highest BCUT2D eigenvalue weighted by molar-refractivity contribution is 7.20. The third-order valence-electron chi connectivity index (χ3n) is 6.73. The van der Waals surface area contributed by atoms with Crippen LogP contribution in [0.5, 0.6) is 5.75 Å². The van der Waals surface area contributed by atoms with Gasteiger partial charge in [-0.1, -0.05) is 30.6 Å². The summed E-state index contributed by atoms with van der Waals surface area (Å²) in [7, 11) is 1.69. The van der Waals surface area contributed by atoms with Crippen molar-refractivity contribution >= 4 is 27.2 Å². The van der Waals surface area contributed by atoms with E-state index in [1.165, 1.54) is 32.1 Å². The summed E-state index contributed by atoms with van der Waals surface area (Å²) in [6.45, 7) is 10.9. The van der Waals surface area contributed by atoms with Crippen LogP contribution in [-0.2, 0) is 0 Å². The minimum atomic E-state index is -0.105. The fourth-order valence-electron chi connectivity index (χ4n) is 5.01. The van der Waals surface area contributed by atoms with E-state index in [-0.39, 0.29) is 5.54 Å². The number of methoxy groups -OCH3 is 1. The van der Waals surface area contributed by atoms with Crippen LogP contribution >= 0.6 is 11.3 Å². The first kappa shape index (κ1) is 22.5. The maximum Gasteiger partial charge on any atom is 0.216 e. The number of piperazine rings is 1. The highest BCUT2D eigenvalue weighted by Gasteiger charge is 2.28. The Labute approximate surface area is 200 Å². The Hall–Kier alpha value is -2.32. The van der Waals surface area contributed by atoms with E-state index in [1.54, 1.807) is 18.4 Å². The van der Waals surface area contributed by atoms with Gasteiger partial charge in [-0.15, -0.1) is 5.10 Å². The van der Waals surface area contributed by atoms with Crippen LogP contribution in [0, 0.1) is 0 Å². The summed E-state index contributed by atoms with van der Waals surface area (Å²) in [6, 6.07) is 8.88. The molecule has 1 N–H and O–H groups in total. The predicted octanol–water partition coefficient (Wildman–Crippen LogP) is 5.13. The molecule has 0 bridgehead atoms. The van der Waals surface area contributed by atoms with Crippen LogP contribution in [-0.4, -0.2) is 64.4 Å². The quantitative estimate of drug-likeness (QED) is 0.560. The molecule has 0 spiro atoms. The summed E-state index contributed by atoms with van der Waals surface area (Å²) in [5.74, 6) is 1.80. The second-order valence-corrected chi connectivity index (χ2v) is 11.2. The standard InChI is InChI=1S/C25H36N6OS/c1-25(2,3)27-22-21(18-10-12-20(32-4)13-11-18)26-23-31(22)28-24(33-23)30-16-14-29(15-17-30)19-8-6-5-7-9-19/h10-13,19,27H,5-9,14-17H2,1-4H3. The Balaban J connectivity index is 1.39. The largest absolute Gasteiger partial charge is 0.497 e. The van der Waals surface area contributed by atoms with E-state index < -0.39 is 0 Å². The molecule has 1 saturated carbocycles. The van der Waals surface area contributed by atoms with Crippen LogP contribution in [0.3, 0.4) is 0 Å². The number of anilines is 2. The minimum absolute atomic E-state index is 0.105. The molecule has 1 aliphatic carbocycles. The van der Waals surface area contributed by atoms with Gasteiger partial charge in [-0.3, -0.25) is 4.90 Å². The molecule has 178 valence electrons. The molecule has 1 aromatic carbocycles. The van der Waals surface area contributed by atoms with E-state index in [9.17, 15) is 0 Å². The van der Waals surface area contributed by atoms with Gasteiger partial charge in [0, 0.05) is 43.3 Å². The number of aromatic nitrogens is 3. The van der Waals surface area contributed by atoms with E-state index in [0.717, 1.165) is 65.1 Å². The van der Waals surface area contributed by atoms with Gasteiger partial charge in [-0.25, -0.2) is 4.98 Å². The number of nitrogens with zero attached hydrogens (tertiary/aromatic N) is 5. The first-order valence-electron chi connectivity index (χ1n) is 12.2. The fraction of sp³-hybridized carbons (Fsp3) is 0.600. The minimum Gasteiger partial charge on any atom is -0.497 e. The fourth-order valence-corrected chi connectivity index (χ4v) is 5.96. The van der Waals surface area contributed by atoms with Gasteiger partial charge >= 0.3 is 0 Å². The number of imidazole rings is 1. The highest BCUT2D eigenvalue weighted by Crippen LogP contribution is 2.36. The van der Waals surface area contributed by atoms with Crippen molar-refractivity contribution in [1.29, 1.82) is 0 Å². The summed E-state index contributed by atoms with van der Waals surface area (Å²) < 4.78 is 7.33. The summed E-state index contributed by atoms with van der Waals surface area (Å²) in [5.41, 5.74) is 1.88. The number of nitrogens with one attached hydrogen (secondary N) is 1. The molecule has 33 heavy (non-hydrogen) atoms. The molecular formula is C25H36N6OS. The summed E-state index contributed by atoms with van der Waals surface area (Å²) in [5, 5.41) is 9.75. The third kappa shape index (κ3) is 4.82. The topological polar surface area (TPSA) is 57.9 Å². The molecule has 0 atom stereocenters. The van der Waals surface area contributed by atoms with Crippen LogP contribution in [0.4, 0.5) is 10.9 Å². The highest BCUT2D eigenvalue weighted by atomic mass is 32.1. The zero-order valence-corrected chi connectivity index (χ0v) is 21.1. The molecule has 7 nitrogen and oxygen atoms in total. The lowest BCUT2D eigenvalue weighted by Crippen LogP contribution is -2.50. The van der Waals surface area contributed by atoms with Gasteiger partial charge in [-0.2, -0.15) is 4.52 Å². The molecule has 1 saturated heterocycles. The van der Waals surface area contributed by atoms with Crippen molar-refractivity contribution < 1.29 is 4.74 Å². The van der Waals surface area contributed by atoms with E-state index in [2.05, 4.69) is 48.0 Å². The number of hydrogen-bond acceptors (Lipinski definition) is 7. The zero-order valence-electron chi connectivity index (χ0n) is 20.3. The van der Waals surface area contributed by atoms with Crippen LogP contribution in [0.2, 0.25) is 0 Å². The molecule has 5 rings (SSSR count). The lowest BCUT2D eigenvalue weighted by Gasteiger charge is -2.40. The second-order valence-electron chi connectivity index (χ2n) is 10.3. The second kappa shape index (κ2) is 9.14. The molecule has 3 aromatic rings. The Morgan fingerprint density at radius 1 is 1.00 bits per heavy atom. The maximum atomic E-state index is 5.33. The van der Waals surface area contributed by atoms with Crippen LogP contribution < -0.4 is 15.0 Å². The molecule has 2 aromatic heterocycles. The Morgan fingerprint density at radius 2 is 1.70 bits per heavy atom. The summed E-state index contributed by atoms with van der Waals surface area (Å²) >= 11 is 1.69. The Bertz CT molecular complexity index is 1070.